The molecule has 112 valence electrons. The second kappa shape index (κ2) is 5.76. The van der Waals surface area contributed by atoms with E-state index in [1.165, 1.54) is 5.56 Å². The van der Waals surface area contributed by atoms with Gasteiger partial charge in [-0.15, -0.1) is 0 Å². The van der Waals surface area contributed by atoms with Gasteiger partial charge in [-0.2, -0.15) is 0 Å². The van der Waals surface area contributed by atoms with Gasteiger partial charge in [-0.3, -0.25) is 9.59 Å². The van der Waals surface area contributed by atoms with Gasteiger partial charge in [0.15, 0.2) is 0 Å². The van der Waals surface area contributed by atoms with Gasteiger partial charge in [-0.25, -0.2) is 0 Å². The van der Waals surface area contributed by atoms with Crippen LogP contribution in [0.1, 0.15) is 25.0 Å². The van der Waals surface area contributed by atoms with Gasteiger partial charge in [0, 0.05) is 25.6 Å². The fraction of sp³-hybridized carbons (Fsp3) is 0.263. The first-order valence-electron chi connectivity index (χ1n) is 7.54. The number of anilines is 1. The fourth-order valence-electron chi connectivity index (χ4n) is 3.01. The van der Waals surface area contributed by atoms with Gasteiger partial charge in [0.2, 0.25) is 5.91 Å². The fourth-order valence-corrected chi connectivity index (χ4v) is 3.01. The van der Waals surface area contributed by atoms with Crippen LogP contribution in [0.3, 0.4) is 0 Å². The molecule has 0 unspecified atom stereocenters. The monoisotopic (exact) mass is 293 g/mol. The molecule has 22 heavy (non-hydrogen) atoms. The number of carbonyl (C=O) groups is 2. The molecular weight excluding hydrogens is 274 g/mol. The van der Waals surface area contributed by atoms with Crippen molar-refractivity contribution in [1.29, 1.82) is 0 Å². The van der Waals surface area contributed by atoms with E-state index in [0.717, 1.165) is 35.3 Å². The van der Waals surface area contributed by atoms with Crippen molar-refractivity contribution in [1.82, 2.24) is 0 Å². The Bertz CT molecular complexity index is 732. The minimum atomic E-state index is 0.0973. The average Bonchev–Trinajstić information content (AvgIpc) is 2.90. The van der Waals surface area contributed by atoms with Crippen LogP contribution in [0, 0.1) is 0 Å². The van der Waals surface area contributed by atoms with Gasteiger partial charge in [-0.1, -0.05) is 30.3 Å². The van der Waals surface area contributed by atoms with Crippen LogP contribution in [0.25, 0.3) is 11.1 Å². The van der Waals surface area contributed by atoms with Crippen molar-refractivity contribution in [3.05, 3.63) is 53.6 Å². The first kappa shape index (κ1) is 14.5. The number of carbonyl (C=O) groups excluding carboxylic acids is 2. The largest absolute Gasteiger partial charge is 0.312 e. The van der Waals surface area contributed by atoms with Crippen molar-refractivity contribution in [3.8, 4) is 11.1 Å². The minimum absolute atomic E-state index is 0.0973. The van der Waals surface area contributed by atoms with Crippen LogP contribution in [-0.4, -0.2) is 18.2 Å². The molecule has 0 N–H and O–H groups in total. The summed E-state index contributed by atoms with van der Waals surface area (Å²) < 4.78 is 0. The Morgan fingerprint density at radius 2 is 1.68 bits per heavy atom. The van der Waals surface area contributed by atoms with E-state index in [-0.39, 0.29) is 11.7 Å². The van der Waals surface area contributed by atoms with Crippen LogP contribution in [0.5, 0.6) is 0 Å². The molecule has 3 nitrogen and oxygen atoms in total. The predicted octanol–water partition coefficient (Wildman–Crippen LogP) is 3.39. The van der Waals surface area contributed by atoms with E-state index in [4.69, 9.17) is 0 Å². The van der Waals surface area contributed by atoms with Gasteiger partial charge in [0.1, 0.15) is 5.78 Å². The maximum Gasteiger partial charge on any atom is 0.223 e. The third-order valence-electron chi connectivity index (χ3n) is 4.10. The Kier molecular flexibility index (Phi) is 3.80. The summed E-state index contributed by atoms with van der Waals surface area (Å²) in [6, 6.07) is 14.4. The summed E-state index contributed by atoms with van der Waals surface area (Å²) in [7, 11) is 0. The van der Waals surface area contributed by atoms with E-state index in [1.54, 1.807) is 13.8 Å². The lowest BCUT2D eigenvalue weighted by atomic mass is 9.99. The van der Waals surface area contributed by atoms with Gasteiger partial charge in [-0.05, 0) is 47.7 Å². The highest BCUT2D eigenvalue weighted by molar-refractivity contribution is 5.94. The van der Waals surface area contributed by atoms with Crippen LogP contribution >= 0.6 is 0 Å². The molecule has 0 saturated carbocycles. The number of Topliss-reactive ketones (excluding diaryl/α,β-unsaturated/α-hetero) is 1. The molecule has 1 aliphatic rings. The van der Waals surface area contributed by atoms with E-state index in [2.05, 4.69) is 24.3 Å². The number of hydrogen-bond acceptors (Lipinski definition) is 2. The summed E-state index contributed by atoms with van der Waals surface area (Å²) in [6.07, 6.45) is 1.39. The van der Waals surface area contributed by atoms with Gasteiger partial charge >= 0.3 is 0 Å². The molecule has 2 aromatic carbocycles. The van der Waals surface area contributed by atoms with E-state index >= 15 is 0 Å². The topological polar surface area (TPSA) is 37.4 Å². The summed E-state index contributed by atoms with van der Waals surface area (Å²) in [5.41, 5.74) is 5.58. The Balaban J connectivity index is 1.87. The normalized spacial score (nSPS) is 13.1. The van der Waals surface area contributed by atoms with Crippen LogP contribution in [0.2, 0.25) is 0 Å². The summed E-state index contributed by atoms with van der Waals surface area (Å²) in [5, 5.41) is 0. The van der Waals surface area contributed by atoms with Gasteiger partial charge in [0.05, 0.1) is 0 Å². The van der Waals surface area contributed by atoms with Crippen LogP contribution in [-0.2, 0) is 22.4 Å². The van der Waals surface area contributed by atoms with E-state index in [1.807, 2.05) is 23.1 Å². The van der Waals surface area contributed by atoms with Crippen LogP contribution in [0.15, 0.2) is 42.5 Å². The highest BCUT2D eigenvalue weighted by Gasteiger charge is 2.22. The lowest BCUT2D eigenvalue weighted by molar-refractivity contribution is -0.117. The van der Waals surface area contributed by atoms with Crippen molar-refractivity contribution in [3.63, 3.8) is 0 Å². The number of hydrogen-bond donors (Lipinski definition) is 0. The van der Waals surface area contributed by atoms with Crippen molar-refractivity contribution < 1.29 is 9.59 Å². The zero-order valence-electron chi connectivity index (χ0n) is 12.9. The molecule has 1 aliphatic heterocycles. The molecular formula is C19H19NO2. The molecule has 0 spiro atoms. The molecule has 3 rings (SSSR count). The Morgan fingerprint density at radius 3 is 2.32 bits per heavy atom. The van der Waals surface area contributed by atoms with E-state index in [0.29, 0.717) is 6.42 Å². The lowest BCUT2D eigenvalue weighted by Crippen LogP contribution is -2.25. The Labute approximate surface area is 130 Å². The molecule has 0 radical (unpaired) electrons. The van der Waals surface area contributed by atoms with Crippen molar-refractivity contribution in [2.75, 3.05) is 11.4 Å². The maximum absolute atomic E-state index is 11.6. The number of ketones is 1. The van der Waals surface area contributed by atoms with Crippen LogP contribution in [0.4, 0.5) is 5.69 Å². The molecule has 0 bridgehead atoms. The molecule has 0 aliphatic carbocycles. The Hall–Kier alpha value is -2.42. The van der Waals surface area contributed by atoms with Gasteiger partial charge in [0.25, 0.3) is 0 Å². The van der Waals surface area contributed by atoms with Crippen LogP contribution < -0.4 is 4.90 Å². The molecule has 1 heterocycles. The zero-order valence-corrected chi connectivity index (χ0v) is 12.9. The second-order valence-corrected chi connectivity index (χ2v) is 5.84. The molecule has 1 amide bonds. The SMILES string of the molecule is CC(=O)Cc1ccc(-c2ccc3c(c2)CCN3C(C)=O)cc1. The smallest absolute Gasteiger partial charge is 0.223 e. The molecule has 0 atom stereocenters. The molecule has 0 saturated heterocycles. The molecule has 0 aromatic heterocycles. The van der Waals surface area contributed by atoms with E-state index in [9.17, 15) is 9.59 Å². The van der Waals surface area contributed by atoms with Crippen molar-refractivity contribution >= 4 is 17.4 Å². The summed E-state index contributed by atoms with van der Waals surface area (Å²) in [5.74, 6) is 0.273. The summed E-state index contributed by atoms with van der Waals surface area (Å²) >= 11 is 0. The maximum atomic E-state index is 11.6. The van der Waals surface area contributed by atoms with Gasteiger partial charge < -0.3 is 4.90 Å². The highest BCUT2D eigenvalue weighted by atomic mass is 16.2. The average molecular weight is 293 g/mol. The minimum Gasteiger partial charge on any atom is -0.312 e. The first-order chi connectivity index (χ1) is 10.5. The molecule has 2 aromatic rings. The number of fused-ring (bicyclic) bond motifs is 1. The van der Waals surface area contributed by atoms with E-state index < -0.39 is 0 Å². The summed E-state index contributed by atoms with van der Waals surface area (Å²) in [4.78, 5) is 24.6. The molecule has 3 heteroatoms. The third-order valence-corrected chi connectivity index (χ3v) is 4.10. The number of benzene rings is 2. The first-order valence-corrected chi connectivity index (χ1v) is 7.54. The molecule has 0 fully saturated rings. The summed E-state index contributed by atoms with van der Waals surface area (Å²) in [6.45, 7) is 3.98. The third kappa shape index (κ3) is 2.80. The Morgan fingerprint density at radius 1 is 1.00 bits per heavy atom. The quantitative estimate of drug-likeness (QED) is 0.870. The highest BCUT2D eigenvalue weighted by Crippen LogP contribution is 2.32. The predicted molar refractivity (Wildman–Crippen MR) is 88.0 cm³/mol. The standard InChI is InChI=1S/C19H19NO2/c1-13(21)11-15-3-5-16(6-4-15)17-7-8-19-18(12-17)9-10-20(19)14(2)22/h3-8,12H,9-11H2,1-2H3. The number of amides is 1. The second-order valence-electron chi connectivity index (χ2n) is 5.84. The van der Waals surface area contributed by atoms with Crippen molar-refractivity contribution in [2.24, 2.45) is 0 Å². The number of rotatable bonds is 3. The lowest BCUT2D eigenvalue weighted by Gasteiger charge is -2.15. The zero-order chi connectivity index (χ0) is 15.7. The van der Waals surface area contributed by atoms with Crippen molar-refractivity contribution in [2.45, 2.75) is 26.7 Å². The number of nitrogens with zero attached hydrogens (tertiary/aromatic N) is 1.